The van der Waals surface area contributed by atoms with Gasteiger partial charge < -0.3 is 0 Å². The van der Waals surface area contributed by atoms with E-state index in [1.54, 1.807) is 0 Å². The molecule has 2 rings (SSSR count). The molecule has 1 aliphatic carbocycles. The molecule has 0 heterocycles. The Balaban J connectivity index is 2.04. The summed E-state index contributed by atoms with van der Waals surface area (Å²) in [5.41, 5.74) is 1.42. The first-order chi connectivity index (χ1) is 7.23. The van der Waals surface area contributed by atoms with Crippen molar-refractivity contribution in [3.8, 4) is 6.07 Å². The standard InChI is InChI=1S/C13H14BrN/c14-13(10-15)8-6-12(7-9-13)11-4-2-1-3-5-11/h1-5,12H,6-9H2. The Morgan fingerprint density at radius 1 is 1.20 bits per heavy atom. The third kappa shape index (κ3) is 2.41. The molecule has 0 spiro atoms. The fraction of sp³-hybridized carbons (Fsp3) is 0.462. The fourth-order valence-corrected chi connectivity index (χ4v) is 2.70. The summed E-state index contributed by atoms with van der Waals surface area (Å²) in [6, 6.07) is 13.0. The van der Waals surface area contributed by atoms with Gasteiger partial charge in [-0.2, -0.15) is 5.26 Å². The Labute approximate surface area is 99.2 Å². The highest BCUT2D eigenvalue weighted by atomic mass is 79.9. The van der Waals surface area contributed by atoms with Gasteiger partial charge in [-0.15, -0.1) is 0 Å². The number of rotatable bonds is 1. The van der Waals surface area contributed by atoms with Crippen molar-refractivity contribution in [1.82, 2.24) is 0 Å². The molecule has 0 unspecified atom stereocenters. The number of halogens is 1. The van der Waals surface area contributed by atoms with Gasteiger partial charge in [0.05, 0.1) is 6.07 Å². The molecule has 1 aromatic rings. The second-order valence-corrected chi connectivity index (χ2v) is 5.78. The topological polar surface area (TPSA) is 23.8 Å². The Morgan fingerprint density at radius 2 is 1.80 bits per heavy atom. The zero-order valence-corrected chi connectivity index (χ0v) is 10.2. The summed E-state index contributed by atoms with van der Waals surface area (Å²) in [6.07, 6.45) is 4.15. The van der Waals surface area contributed by atoms with E-state index in [9.17, 15) is 0 Å². The minimum atomic E-state index is -0.252. The molecule has 1 saturated carbocycles. The smallest absolute Gasteiger partial charge is 0.112 e. The highest BCUT2D eigenvalue weighted by molar-refractivity contribution is 9.10. The van der Waals surface area contributed by atoms with Gasteiger partial charge in [-0.25, -0.2) is 0 Å². The van der Waals surface area contributed by atoms with E-state index in [-0.39, 0.29) is 4.32 Å². The fourth-order valence-electron chi connectivity index (χ4n) is 2.25. The lowest BCUT2D eigenvalue weighted by atomic mass is 9.79. The van der Waals surface area contributed by atoms with E-state index in [1.807, 2.05) is 0 Å². The quantitative estimate of drug-likeness (QED) is 0.703. The molecule has 15 heavy (non-hydrogen) atoms. The first-order valence-electron chi connectivity index (χ1n) is 5.39. The van der Waals surface area contributed by atoms with Crippen LogP contribution < -0.4 is 0 Å². The van der Waals surface area contributed by atoms with Crippen molar-refractivity contribution in [2.24, 2.45) is 0 Å². The molecule has 78 valence electrons. The number of hydrogen-bond donors (Lipinski definition) is 0. The van der Waals surface area contributed by atoms with E-state index >= 15 is 0 Å². The van der Waals surface area contributed by atoms with Gasteiger partial charge in [0.1, 0.15) is 4.32 Å². The zero-order chi connectivity index (χ0) is 10.7. The van der Waals surface area contributed by atoms with E-state index in [4.69, 9.17) is 5.26 Å². The molecule has 1 aromatic carbocycles. The molecular weight excluding hydrogens is 250 g/mol. The molecule has 2 heteroatoms. The van der Waals surface area contributed by atoms with Crippen molar-refractivity contribution >= 4 is 15.9 Å². The van der Waals surface area contributed by atoms with Gasteiger partial charge in [0.15, 0.2) is 0 Å². The van der Waals surface area contributed by atoms with Gasteiger partial charge in [0.2, 0.25) is 0 Å². The van der Waals surface area contributed by atoms with Gasteiger partial charge in [-0.05, 0) is 37.2 Å². The van der Waals surface area contributed by atoms with Crippen LogP contribution >= 0.6 is 15.9 Å². The summed E-state index contributed by atoms with van der Waals surface area (Å²) in [6.45, 7) is 0. The van der Waals surface area contributed by atoms with Gasteiger partial charge in [0, 0.05) is 0 Å². The van der Waals surface area contributed by atoms with E-state index in [2.05, 4.69) is 52.3 Å². The maximum Gasteiger partial charge on any atom is 0.112 e. The van der Waals surface area contributed by atoms with Crippen molar-refractivity contribution < 1.29 is 0 Å². The Bertz CT molecular complexity index is 358. The molecular formula is C13H14BrN. The molecule has 1 fully saturated rings. The zero-order valence-electron chi connectivity index (χ0n) is 8.62. The number of nitriles is 1. The first-order valence-corrected chi connectivity index (χ1v) is 6.18. The average molecular weight is 264 g/mol. The summed E-state index contributed by atoms with van der Waals surface area (Å²) in [5.74, 6) is 0.644. The van der Waals surface area contributed by atoms with E-state index in [1.165, 1.54) is 5.56 Å². The van der Waals surface area contributed by atoms with Crippen LogP contribution in [0, 0.1) is 11.3 Å². The number of nitrogens with zero attached hydrogens (tertiary/aromatic N) is 1. The number of alkyl halides is 1. The molecule has 0 amide bonds. The molecule has 0 bridgehead atoms. The summed E-state index contributed by atoms with van der Waals surface area (Å²) >= 11 is 3.53. The van der Waals surface area contributed by atoms with Gasteiger partial charge in [0.25, 0.3) is 0 Å². The maximum atomic E-state index is 9.01. The lowest BCUT2D eigenvalue weighted by Crippen LogP contribution is -2.25. The second-order valence-electron chi connectivity index (χ2n) is 4.26. The van der Waals surface area contributed by atoms with E-state index < -0.39 is 0 Å². The van der Waals surface area contributed by atoms with Crippen LogP contribution in [0.15, 0.2) is 30.3 Å². The van der Waals surface area contributed by atoms with Crippen molar-refractivity contribution in [2.45, 2.75) is 35.9 Å². The summed E-state index contributed by atoms with van der Waals surface area (Å²) in [5, 5.41) is 9.01. The summed E-state index contributed by atoms with van der Waals surface area (Å²) < 4.78 is -0.252. The van der Waals surface area contributed by atoms with Crippen LogP contribution in [0.4, 0.5) is 0 Å². The van der Waals surface area contributed by atoms with E-state index in [0.717, 1.165) is 25.7 Å². The molecule has 1 nitrogen and oxygen atoms in total. The van der Waals surface area contributed by atoms with Crippen LogP contribution in [-0.2, 0) is 0 Å². The molecule has 0 saturated heterocycles. The van der Waals surface area contributed by atoms with Crippen LogP contribution in [0.25, 0.3) is 0 Å². The Morgan fingerprint density at radius 3 is 2.33 bits per heavy atom. The summed E-state index contributed by atoms with van der Waals surface area (Å²) in [7, 11) is 0. The van der Waals surface area contributed by atoms with Crippen LogP contribution in [-0.4, -0.2) is 4.32 Å². The van der Waals surface area contributed by atoms with Crippen molar-refractivity contribution in [2.75, 3.05) is 0 Å². The highest BCUT2D eigenvalue weighted by Crippen LogP contribution is 2.41. The third-order valence-electron chi connectivity index (χ3n) is 3.25. The molecule has 0 atom stereocenters. The molecule has 0 aliphatic heterocycles. The number of benzene rings is 1. The van der Waals surface area contributed by atoms with Crippen molar-refractivity contribution in [1.29, 1.82) is 5.26 Å². The predicted molar refractivity (Wildman–Crippen MR) is 64.9 cm³/mol. The maximum absolute atomic E-state index is 9.01. The minimum Gasteiger partial charge on any atom is -0.197 e. The summed E-state index contributed by atoms with van der Waals surface area (Å²) in [4.78, 5) is 0. The monoisotopic (exact) mass is 263 g/mol. The van der Waals surface area contributed by atoms with E-state index in [0.29, 0.717) is 5.92 Å². The van der Waals surface area contributed by atoms with Gasteiger partial charge in [-0.1, -0.05) is 46.3 Å². The molecule has 0 radical (unpaired) electrons. The van der Waals surface area contributed by atoms with Crippen LogP contribution in [0.1, 0.15) is 37.2 Å². The lowest BCUT2D eigenvalue weighted by Gasteiger charge is -2.30. The Kier molecular flexibility index (Phi) is 3.11. The van der Waals surface area contributed by atoms with Gasteiger partial charge in [-0.3, -0.25) is 0 Å². The van der Waals surface area contributed by atoms with Crippen LogP contribution in [0.5, 0.6) is 0 Å². The minimum absolute atomic E-state index is 0.252. The lowest BCUT2D eigenvalue weighted by molar-refractivity contribution is 0.414. The van der Waals surface area contributed by atoms with Crippen LogP contribution in [0.2, 0.25) is 0 Å². The third-order valence-corrected chi connectivity index (χ3v) is 4.22. The molecule has 0 aromatic heterocycles. The second kappa shape index (κ2) is 4.37. The van der Waals surface area contributed by atoms with Crippen molar-refractivity contribution in [3.05, 3.63) is 35.9 Å². The molecule has 1 aliphatic rings. The number of hydrogen-bond acceptors (Lipinski definition) is 1. The Hall–Kier alpha value is -0.810. The molecule has 0 N–H and O–H groups in total. The predicted octanol–water partition coefficient (Wildman–Crippen LogP) is 4.00. The average Bonchev–Trinajstić information content (AvgIpc) is 2.31. The SMILES string of the molecule is N#CC1(Br)CCC(c2ccccc2)CC1. The van der Waals surface area contributed by atoms with Crippen LogP contribution in [0.3, 0.4) is 0 Å². The first kappa shape index (κ1) is 10.7. The van der Waals surface area contributed by atoms with Gasteiger partial charge >= 0.3 is 0 Å². The highest BCUT2D eigenvalue weighted by Gasteiger charge is 2.33. The van der Waals surface area contributed by atoms with Crippen molar-refractivity contribution in [3.63, 3.8) is 0 Å². The normalized spacial score (nSPS) is 30.8. The largest absolute Gasteiger partial charge is 0.197 e.